The minimum Gasteiger partial charge on any atom is -0.545 e. The molecular formula is C27H21BO8-2. The van der Waals surface area contributed by atoms with Gasteiger partial charge in [0.05, 0.1) is 23.1 Å². The quantitative estimate of drug-likeness (QED) is 0.316. The molecule has 2 heterocycles. The van der Waals surface area contributed by atoms with Gasteiger partial charge in [-0.1, -0.05) is 24.3 Å². The van der Waals surface area contributed by atoms with Crippen molar-refractivity contribution in [3.63, 3.8) is 0 Å². The van der Waals surface area contributed by atoms with Gasteiger partial charge in [0.2, 0.25) is 0 Å². The summed E-state index contributed by atoms with van der Waals surface area (Å²) in [5.74, 6) is -2.73. The molecule has 2 aliphatic heterocycles. The van der Waals surface area contributed by atoms with Gasteiger partial charge in [-0.15, -0.1) is 0 Å². The second kappa shape index (κ2) is 8.04. The van der Waals surface area contributed by atoms with Gasteiger partial charge in [-0.3, -0.25) is 4.79 Å². The summed E-state index contributed by atoms with van der Waals surface area (Å²) in [6, 6.07) is 12.9. The molecule has 2 aromatic carbocycles. The van der Waals surface area contributed by atoms with Gasteiger partial charge in [-0.25, -0.2) is 0 Å². The highest BCUT2D eigenvalue weighted by Gasteiger charge is 2.51. The summed E-state index contributed by atoms with van der Waals surface area (Å²) in [5, 5.41) is 24.0. The zero-order valence-corrected chi connectivity index (χ0v) is 20.0. The fraction of sp³-hybridized carbons (Fsp3) is 0.222. The molecule has 3 aliphatic rings. The van der Waals surface area contributed by atoms with Gasteiger partial charge in [0.15, 0.2) is 5.43 Å². The van der Waals surface area contributed by atoms with Crippen LogP contribution in [0.15, 0.2) is 63.8 Å². The van der Waals surface area contributed by atoms with Crippen LogP contribution < -0.4 is 21.1 Å². The highest BCUT2D eigenvalue weighted by molar-refractivity contribution is 6.62. The van der Waals surface area contributed by atoms with Crippen LogP contribution in [0.25, 0.3) is 33.4 Å². The Morgan fingerprint density at radius 1 is 0.806 bits per heavy atom. The zero-order chi connectivity index (χ0) is 26.0. The van der Waals surface area contributed by atoms with Crippen LogP contribution in [0.4, 0.5) is 0 Å². The predicted octanol–water partition coefficient (Wildman–Crippen LogP) is 1.59. The molecule has 8 nitrogen and oxygen atoms in total. The van der Waals surface area contributed by atoms with Crippen LogP contribution in [0.2, 0.25) is 0 Å². The molecule has 36 heavy (non-hydrogen) atoms. The molecule has 0 radical (unpaired) electrons. The van der Waals surface area contributed by atoms with Gasteiger partial charge < -0.3 is 33.5 Å². The lowest BCUT2D eigenvalue weighted by Crippen LogP contribution is -2.41. The van der Waals surface area contributed by atoms with E-state index in [1.54, 1.807) is 18.2 Å². The molecule has 1 saturated heterocycles. The molecule has 9 heteroatoms. The van der Waals surface area contributed by atoms with Crippen LogP contribution in [0.5, 0.6) is 0 Å². The number of carboxylic acid groups (broad SMARTS) is 2. The summed E-state index contributed by atoms with van der Waals surface area (Å²) in [5.41, 5.74) is 0.0656. The van der Waals surface area contributed by atoms with E-state index in [-0.39, 0.29) is 27.9 Å². The molecule has 5 rings (SSSR count). The number of hydrogen-bond donors (Lipinski definition) is 0. The molecule has 2 aromatic rings. The molecule has 0 saturated carbocycles. The second-order valence-corrected chi connectivity index (χ2v) is 9.81. The maximum absolute atomic E-state index is 12.1. The van der Waals surface area contributed by atoms with Crippen molar-refractivity contribution >= 4 is 35.5 Å². The smallest absolute Gasteiger partial charge is 0.494 e. The third-order valence-electron chi connectivity index (χ3n) is 6.99. The fourth-order valence-electron chi connectivity index (χ4n) is 4.36. The van der Waals surface area contributed by atoms with Gasteiger partial charge in [0.25, 0.3) is 0 Å². The Hall–Kier alpha value is -3.95. The molecule has 0 amide bonds. The molecule has 0 aromatic heterocycles. The average Bonchev–Trinajstić information content (AvgIpc) is 3.03. The summed E-state index contributed by atoms with van der Waals surface area (Å²) in [7, 11) is -0.681. The number of carbonyl (C=O) groups is 2. The average molecular weight is 484 g/mol. The maximum atomic E-state index is 12.1. The minimum absolute atomic E-state index is 0.101. The Labute approximate surface area is 206 Å². The predicted molar refractivity (Wildman–Crippen MR) is 129 cm³/mol. The molecule has 1 fully saturated rings. The van der Waals surface area contributed by atoms with Crippen LogP contribution in [0.3, 0.4) is 0 Å². The van der Waals surface area contributed by atoms with Crippen LogP contribution in [-0.2, 0) is 9.31 Å². The van der Waals surface area contributed by atoms with Crippen LogP contribution in [-0.4, -0.2) is 30.3 Å². The summed E-state index contributed by atoms with van der Waals surface area (Å²) in [6.45, 7) is 7.74. The van der Waals surface area contributed by atoms with E-state index in [0.717, 1.165) is 12.1 Å². The van der Waals surface area contributed by atoms with Crippen molar-refractivity contribution in [1.82, 2.24) is 0 Å². The SMILES string of the molecule is CC1(C)OB(c2ccc3c(-c4cc(C(=O)[O-])ccc4C(=O)[O-])c4ccc(=O)cc-4oc3c2)OC1(C)C. The molecule has 182 valence electrons. The maximum Gasteiger partial charge on any atom is 0.494 e. The third-order valence-corrected chi connectivity index (χ3v) is 6.99. The third kappa shape index (κ3) is 3.77. The number of aromatic carboxylic acids is 2. The highest BCUT2D eigenvalue weighted by atomic mass is 16.7. The molecule has 0 bridgehead atoms. The van der Waals surface area contributed by atoms with E-state index in [9.17, 15) is 24.6 Å². The molecule has 0 spiro atoms. The standard InChI is InChI=1S/C27H23BO8/c1-26(2)27(3,4)36-28(35-26)15-6-9-18-21(12-15)34-22-13-16(29)7-10-19(22)23(18)20-11-14(24(30)31)5-8-17(20)25(32)33/h5-13H,1-4H3,(H,30,31)(H,32,33)/p-2. The van der Waals surface area contributed by atoms with Gasteiger partial charge in [-0.05, 0) is 68.6 Å². The highest BCUT2D eigenvalue weighted by Crippen LogP contribution is 2.42. The first-order valence-corrected chi connectivity index (χ1v) is 11.3. The van der Waals surface area contributed by atoms with E-state index in [2.05, 4.69) is 0 Å². The Balaban J connectivity index is 1.80. The normalized spacial score (nSPS) is 16.5. The van der Waals surface area contributed by atoms with E-state index >= 15 is 0 Å². The molecule has 1 aliphatic carbocycles. The van der Waals surface area contributed by atoms with Gasteiger partial charge >= 0.3 is 7.12 Å². The van der Waals surface area contributed by atoms with Crippen molar-refractivity contribution in [1.29, 1.82) is 0 Å². The van der Waals surface area contributed by atoms with Crippen LogP contribution in [0.1, 0.15) is 48.4 Å². The van der Waals surface area contributed by atoms with E-state index in [0.29, 0.717) is 27.6 Å². The number of carboxylic acids is 2. The Bertz CT molecular complexity index is 1570. The summed E-state index contributed by atoms with van der Waals surface area (Å²) in [4.78, 5) is 35.7. The van der Waals surface area contributed by atoms with Crippen molar-refractivity contribution in [2.24, 2.45) is 0 Å². The zero-order valence-electron chi connectivity index (χ0n) is 20.0. The van der Waals surface area contributed by atoms with E-state index in [4.69, 9.17) is 13.7 Å². The topological polar surface area (TPSA) is 129 Å². The van der Waals surface area contributed by atoms with Crippen molar-refractivity contribution in [2.45, 2.75) is 38.9 Å². The van der Waals surface area contributed by atoms with Crippen molar-refractivity contribution in [2.75, 3.05) is 0 Å². The fourth-order valence-corrected chi connectivity index (χ4v) is 4.36. The summed E-state index contributed by atoms with van der Waals surface area (Å²) < 4.78 is 18.4. The Kier molecular flexibility index (Phi) is 5.31. The van der Waals surface area contributed by atoms with Crippen molar-refractivity contribution < 1.29 is 33.5 Å². The largest absolute Gasteiger partial charge is 0.545 e. The molecule has 0 N–H and O–H groups in total. The Morgan fingerprint density at radius 2 is 1.50 bits per heavy atom. The summed E-state index contributed by atoms with van der Waals surface area (Å²) in [6.07, 6.45) is 0. The monoisotopic (exact) mass is 484 g/mol. The first kappa shape index (κ1) is 23.8. The molecular weight excluding hydrogens is 463 g/mol. The van der Waals surface area contributed by atoms with Gasteiger partial charge in [0, 0.05) is 28.1 Å². The lowest BCUT2D eigenvalue weighted by atomic mass is 9.78. The lowest BCUT2D eigenvalue weighted by molar-refractivity contribution is -0.256. The van der Waals surface area contributed by atoms with Crippen molar-refractivity contribution in [3.05, 3.63) is 75.9 Å². The summed E-state index contributed by atoms with van der Waals surface area (Å²) >= 11 is 0. The number of hydrogen-bond acceptors (Lipinski definition) is 8. The number of benzene rings is 3. The number of carbonyl (C=O) groups excluding carboxylic acids is 2. The second-order valence-electron chi connectivity index (χ2n) is 9.81. The van der Waals surface area contributed by atoms with E-state index < -0.39 is 30.3 Å². The van der Waals surface area contributed by atoms with E-state index in [1.807, 2.05) is 27.7 Å². The van der Waals surface area contributed by atoms with Gasteiger partial charge in [-0.2, -0.15) is 0 Å². The number of rotatable bonds is 4. The minimum atomic E-state index is -1.48. The van der Waals surface area contributed by atoms with Crippen LogP contribution >= 0.6 is 0 Å². The van der Waals surface area contributed by atoms with Gasteiger partial charge in [0.1, 0.15) is 11.3 Å². The molecule has 0 unspecified atom stereocenters. The van der Waals surface area contributed by atoms with Crippen LogP contribution in [0, 0.1) is 0 Å². The molecule has 0 atom stereocenters. The van der Waals surface area contributed by atoms with E-state index in [1.165, 1.54) is 24.3 Å². The first-order chi connectivity index (χ1) is 16.9. The Morgan fingerprint density at radius 3 is 2.14 bits per heavy atom. The van der Waals surface area contributed by atoms with Crippen molar-refractivity contribution in [3.8, 4) is 22.5 Å². The lowest BCUT2D eigenvalue weighted by Gasteiger charge is -2.32. The number of fused-ring (bicyclic) bond motifs is 2. The first-order valence-electron chi connectivity index (χ1n) is 11.3.